The average Bonchev–Trinajstić information content (AvgIpc) is 3.51. The van der Waals surface area contributed by atoms with Crippen molar-refractivity contribution in [3.05, 3.63) is 96.6 Å². The lowest BCUT2D eigenvalue weighted by Gasteiger charge is -2.41. The first-order chi connectivity index (χ1) is 16.1. The minimum absolute atomic E-state index is 0.0670. The van der Waals surface area contributed by atoms with E-state index in [1.54, 1.807) is 39.7 Å². The number of nitrogens with zero attached hydrogens (tertiary/aromatic N) is 4. The van der Waals surface area contributed by atoms with Gasteiger partial charge in [0.25, 0.3) is 5.91 Å². The van der Waals surface area contributed by atoms with Crippen molar-refractivity contribution in [2.24, 2.45) is 0 Å². The summed E-state index contributed by atoms with van der Waals surface area (Å²) in [6.07, 6.45) is 3.82. The SMILES string of the molecule is CC(=O)N(c1ccccc1)C1CC(C)N(C(=O)c2ccco2)c2c1cnn2-c1ccccc1. The molecule has 5 rings (SSSR count). The predicted molar refractivity (Wildman–Crippen MR) is 126 cm³/mol. The number of benzene rings is 2. The standard InChI is InChI=1S/C26H24N4O3/c1-18-16-23(29(19(2)31)20-10-5-3-6-11-20)22-17-27-30(21-12-7-4-8-13-21)25(22)28(18)26(32)24-14-9-15-33-24/h3-15,17-18,23H,16H2,1-2H3. The zero-order chi connectivity index (χ0) is 22.9. The number of amides is 2. The van der Waals surface area contributed by atoms with Crippen molar-refractivity contribution in [3.63, 3.8) is 0 Å². The van der Waals surface area contributed by atoms with Crippen molar-refractivity contribution < 1.29 is 14.0 Å². The first-order valence-electron chi connectivity index (χ1n) is 10.9. The molecule has 0 saturated carbocycles. The average molecular weight is 441 g/mol. The molecule has 7 heteroatoms. The minimum Gasteiger partial charge on any atom is -0.459 e. The monoisotopic (exact) mass is 440 g/mol. The van der Waals surface area contributed by atoms with Gasteiger partial charge in [-0.15, -0.1) is 0 Å². The molecule has 4 aromatic rings. The van der Waals surface area contributed by atoms with Gasteiger partial charge < -0.3 is 9.32 Å². The van der Waals surface area contributed by atoms with E-state index in [1.807, 2.05) is 67.6 Å². The summed E-state index contributed by atoms with van der Waals surface area (Å²) >= 11 is 0. The number of furan rings is 1. The molecule has 3 heterocycles. The Kier molecular flexibility index (Phi) is 5.30. The maximum Gasteiger partial charge on any atom is 0.295 e. The molecule has 2 aromatic heterocycles. The Hall–Kier alpha value is -4.13. The van der Waals surface area contributed by atoms with E-state index in [-0.39, 0.29) is 29.7 Å². The van der Waals surface area contributed by atoms with Gasteiger partial charge in [0.15, 0.2) is 5.76 Å². The van der Waals surface area contributed by atoms with Crippen LogP contribution >= 0.6 is 0 Å². The molecule has 1 aliphatic rings. The number of rotatable bonds is 4. The van der Waals surface area contributed by atoms with E-state index in [0.29, 0.717) is 12.2 Å². The van der Waals surface area contributed by atoms with E-state index >= 15 is 0 Å². The van der Waals surface area contributed by atoms with Crippen LogP contribution in [0.4, 0.5) is 11.5 Å². The summed E-state index contributed by atoms with van der Waals surface area (Å²) in [5, 5.41) is 4.66. The zero-order valence-corrected chi connectivity index (χ0v) is 18.5. The van der Waals surface area contributed by atoms with E-state index < -0.39 is 0 Å². The highest BCUT2D eigenvalue weighted by molar-refractivity contribution is 6.05. The predicted octanol–water partition coefficient (Wildman–Crippen LogP) is 5.00. The Bertz CT molecular complexity index is 1270. The summed E-state index contributed by atoms with van der Waals surface area (Å²) in [4.78, 5) is 29.9. The van der Waals surface area contributed by atoms with Crippen LogP contribution in [0.25, 0.3) is 5.69 Å². The fourth-order valence-electron chi connectivity index (χ4n) is 4.58. The van der Waals surface area contributed by atoms with Gasteiger partial charge >= 0.3 is 0 Å². The lowest BCUT2D eigenvalue weighted by molar-refractivity contribution is -0.117. The van der Waals surface area contributed by atoms with Gasteiger partial charge in [0.1, 0.15) is 5.82 Å². The molecular weight excluding hydrogens is 416 g/mol. The summed E-state index contributed by atoms with van der Waals surface area (Å²) in [6.45, 7) is 3.56. The van der Waals surface area contributed by atoms with E-state index in [1.165, 1.54) is 6.26 Å². The van der Waals surface area contributed by atoms with E-state index in [0.717, 1.165) is 16.9 Å². The van der Waals surface area contributed by atoms with Gasteiger partial charge in [0.2, 0.25) is 5.91 Å². The van der Waals surface area contributed by atoms with Gasteiger partial charge in [-0.2, -0.15) is 5.10 Å². The Morgan fingerprint density at radius 2 is 1.70 bits per heavy atom. The van der Waals surface area contributed by atoms with Crippen LogP contribution in [0.1, 0.15) is 42.4 Å². The van der Waals surface area contributed by atoms with Gasteiger partial charge in [-0.05, 0) is 49.7 Å². The van der Waals surface area contributed by atoms with Crippen LogP contribution in [0.5, 0.6) is 0 Å². The third kappa shape index (κ3) is 3.61. The third-order valence-electron chi connectivity index (χ3n) is 6.00. The van der Waals surface area contributed by atoms with Crippen molar-refractivity contribution in [1.29, 1.82) is 0 Å². The molecule has 7 nitrogen and oxygen atoms in total. The molecule has 0 N–H and O–H groups in total. The van der Waals surface area contributed by atoms with Crippen LogP contribution in [0.15, 0.2) is 89.7 Å². The molecular formula is C26H24N4O3. The quantitative estimate of drug-likeness (QED) is 0.448. The van der Waals surface area contributed by atoms with Crippen LogP contribution < -0.4 is 9.80 Å². The molecule has 2 atom stereocenters. The van der Waals surface area contributed by atoms with Gasteiger partial charge in [-0.3, -0.25) is 14.5 Å². The number of aromatic nitrogens is 2. The normalized spacial score (nSPS) is 17.5. The number of fused-ring (bicyclic) bond motifs is 1. The molecule has 2 unspecified atom stereocenters. The Morgan fingerprint density at radius 3 is 2.33 bits per heavy atom. The van der Waals surface area contributed by atoms with Crippen LogP contribution in [-0.4, -0.2) is 27.6 Å². The summed E-state index contributed by atoms with van der Waals surface area (Å²) < 4.78 is 7.20. The van der Waals surface area contributed by atoms with Crippen molar-refractivity contribution in [3.8, 4) is 5.69 Å². The molecule has 0 bridgehead atoms. The van der Waals surface area contributed by atoms with Gasteiger partial charge in [0.05, 0.1) is 24.2 Å². The fraction of sp³-hybridized carbons (Fsp3) is 0.192. The van der Waals surface area contributed by atoms with Gasteiger partial charge in [-0.1, -0.05) is 36.4 Å². The third-order valence-corrected chi connectivity index (χ3v) is 6.00. The number of hydrogen-bond donors (Lipinski definition) is 0. The smallest absolute Gasteiger partial charge is 0.295 e. The van der Waals surface area contributed by atoms with Crippen LogP contribution in [0.2, 0.25) is 0 Å². The highest BCUT2D eigenvalue weighted by Gasteiger charge is 2.41. The summed E-state index contributed by atoms with van der Waals surface area (Å²) in [6, 6.07) is 22.2. The number of hydrogen-bond acceptors (Lipinski definition) is 4. The molecule has 0 aliphatic carbocycles. The van der Waals surface area contributed by atoms with E-state index in [2.05, 4.69) is 5.10 Å². The topological polar surface area (TPSA) is 71.6 Å². The Balaban J connectivity index is 1.69. The molecule has 0 saturated heterocycles. The minimum atomic E-state index is -0.270. The van der Waals surface area contributed by atoms with E-state index in [4.69, 9.17) is 4.42 Å². The fourth-order valence-corrected chi connectivity index (χ4v) is 4.58. The molecule has 2 aromatic carbocycles. The van der Waals surface area contributed by atoms with E-state index in [9.17, 15) is 9.59 Å². The Labute approximate surface area is 191 Å². The number of carbonyl (C=O) groups is 2. The Morgan fingerprint density at radius 1 is 1.00 bits per heavy atom. The highest BCUT2D eigenvalue weighted by Crippen LogP contribution is 2.43. The summed E-state index contributed by atoms with van der Waals surface area (Å²) in [7, 11) is 0. The summed E-state index contributed by atoms with van der Waals surface area (Å²) in [5.74, 6) is 0.605. The lowest BCUT2D eigenvalue weighted by atomic mass is 9.93. The maximum atomic E-state index is 13.5. The first-order valence-corrected chi connectivity index (χ1v) is 10.9. The number of para-hydroxylation sites is 2. The summed E-state index contributed by atoms with van der Waals surface area (Å²) in [5.41, 5.74) is 2.46. The van der Waals surface area contributed by atoms with Crippen molar-refractivity contribution in [2.45, 2.75) is 32.4 Å². The number of carbonyl (C=O) groups excluding carboxylic acids is 2. The van der Waals surface area contributed by atoms with Crippen LogP contribution in [-0.2, 0) is 4.79 Å². The molecule has 1 aliphatic heterocycles. The van der Waals surface area contributed by atoms with Gasteiger partial charge in [-0.25, -0.2) is 4.68 Å². The second-order valence-electron chi connectivity index (χ2n) is 8.15. The first kappa shape index (κ1) is 20.8. The molecule has 33 heavy (non-hydrogen) atoms. The lowest BCUT2D eigenvalue weighted by Crippen LogP contribution is -2.48. The second kappa shape index (κ2) is 8.43. The molecule has 166 valence electrons. The maximum absolute atomic E-state index is 13.5. The van der Waals surface area contributed by atoms with Gasteiger partial charge in [0, 0.05) is 24.2 Å². The van der Waals surface area contributed by atoms with Crippen molar-refractivity contribution in [1.82, 2.24) is 9.78 Å². The van der Waals surface area contributed by atoms with Crippen molar-refractivity contribution >= 4 is 23.3 Å². The molecule has 0 spiro atoms. The molecule has 2 amide bonds. The highest BCUT2D eigenvalue weighted by atomic mass is 16.3. The van der Waals surface area contributed by atoms with Crippen LogP contribution in [0, 0.1) is 0 Å². The molecule has 0 fully saturated rings. The largest absolute Gasteiger partial charge is 0.459 e. The molecule has 0 radical (unpaired) electrons. The second-order valence-corrected chi connectivity index (χ2v) is 8.15. The van der Waals surface area contributed by atoms with Crippen LogP contribution in [0.3, 0.4) is 0 Å². The zero-order valence-electron chi connectivity index (χ0n) is 18.5. The van der Waals surface area contributed by atoms with Crippen molar-refractivity contribution in [2.75, 3.05) is 9.80 Å². The number of anilines is 2.